The van der Waals surface area contributed by atoms with E-state index in [4.69, 9.17) is 9.47 Å². The maximum absolute atomic E-state index is 11.6. The summed E-state index contributed by atoms with van der Waals surface area (Å²) in [7, 11) is 0. The van der Waals surface area contributed by atoms with Crippen molar-refractivity contribution in [3.63, 3.8) is 0 Å². The van der Waals surface area contributed by atoms with Gasteiger partial charge in [-0.2, -0.15) is 0 Å². The van der Waals surface area contributed by atoms with Crippen molar-refractivity contribution in [2.24, 2.45) is 4.99 Å². The van der Waals surface area contributed by atoms with E-state index in [-0.39, 0.29) is 36.4 Å². The van der Waals surface area contributed by atoms with E-state index in [1.807, 2.05) is 6.92 Å². The predicted octanol–water partition coefficient (Wildman–Crippen LogP) is 1.27. The van der Waals surface area contributed by atoms with E-state index >= 15 is 0 Å². The Morgan fingerprint density at radius 1 is 1.08 bits per heavy atom. The molecule has 0 spiro atoms. The summed E-state index contributed by atoms with van der Waals surface area (Å²) >= 11 is 0. The number of carbonyl (C=O) groups excluding carboxylic acids is 1. The molecule has 0 aliphatic heterocycles. The number of hydrogen-bond donors (Lipinski definition) is 3. The maximum Gasteiger partial charge on any atom is 0.242 e. The smallest absolute Gasteiger partial charge is 0.242 e. The zero-order valence-electron chi connectivity index (χ0n) is 14.9. The van der Waals surface area contributed by atoms with Gasteiger partial charge in [-0.05, 0) is 26.2 Å². The van der Waals surface area contributed by atoms with Crippen molar-refractivity contribution in [1.82, 2.24) is 16.0 Å². The van der Waals surface area contributed by atoms with Gasteiger partial charge < -0.3 is 25.4 Å². The van der Waals surface area contributed by atoms with Gasteiger partial charge in [0.15, 0.2) is 5.96 Å². The van der Waals surface area contributed by atoms with Crippen LogP contribution in [0.5, 0.6) is 0 Å². The van der Waals surface area contributed by atoms with E-state index in [0.717, 1.165) is 38.8 Å². The Kier molecular flexibility index (Phi) is 15.5. The molecule has 0 aromatic heterocycles. The van der Waals surface area contributed by atoms with Gasteiger partial charge in [-0.1, -0.05) is 13.3 Å². The number of aliphatic imine (C=N–C) groups is 1. The number of nitrogens with zero attached hydrogens (tertiary/aromatic N) is 1. The molecule has 8 heteroatoms. The second-order valence-corrected chi connectivity index (χ2v) is 5.54. The number of carbonyl (C=O) groups is 1. The minimum Gasteiger partial charge on any atom is -0.379 e. The highest BCUT2D eigenvalue weighted by Gasteiger charge is 2.22. The van der Waals surface area contributed by atoms with Crippen molar-refractivity contribution < 1.29 is 14.3 Å². The lowest BCUT2D eigenvalue weighted by molar-refractivity contribution is -0.119. The maximum atomic E-state index is 11.6. The summed E-state index contributed by atoms with van der Waals surface area (Å²) in [5, 5.41) is 9.18. The fraction of sp³-hybridized carbons (Fsp3) is 0.875. The van der Waals surface area contributed by atoms with Crippen LogP contribution in [0, 0.1) is 0 Å². The summed E-state index contributed by atoms with van der Waals surface area (Å²) in [6, 6.07) is 0.376. The molecule has 1 amide bonds. The number of unbranched alkanes of at least 4 members (excludes halogenated alkanes) is 1. The molecule has 0 unspecified atom stereocenters. The van der Waals surface area contributed by atoms with Crippen molar-refractivity contribution >= 4 is 35.8 Å². The fourth-order valence-corrected chi connectivity index (χ4v) is 1.80. The largest absolute Gasteiger partial charge is 0.379 e. The highest BCUT2D eigenvalue weighted by atomic mass is 127. The molecule has 0 saturated heterocycles. The third-order valence-electron chi connectivity index (χ3n) is 3.22. The molecule has 1 aliphatic rings. The molecular formula is C16H33IN4O3. The summed E-state index contributed by atoms with van der Waals surface area (Å²) in [5.74, 6) is 0.617. The second kappa shape index (κ2) is 15.9. The molecule has 1 aliphatic carbocycles. The minimum atomic E-state index is -0.0230. The van der Waals surface area contributed by atoms with Crippen LogP contribution in [0.1, 0.15) is 39.5 Å². The molecular weight excluding hydrogens is 423 g/mol. The van der Waals surface area contributed by atoms with Crippen molar-refractivity contribution in [3.05, 3.63) is 0 Å². The van der Waals surface area contributed by atoms with E-state index in [9.17, 15) is 4.79 Å². The molecule has 1 fully saturated rings. The van der Waals surface area contributed by atoms with E-state index in [2.05, 4.69) is 27.9 Å². The topological polar surface area (TPSA) is 84.0 Å². The minimum absolute atomic E-state index is 0. The lowest BCUT2D eigenvalue weighted by Crippen LogP contribution is -2.40. The predicted molar refractivity (Wildman–Crippen MR) is 107 cm³/mol. The van der Waals surface area contributed by atoms with Crippen LogP contribution >= 0.6 is 24.0 Å². The zero-order valence-corrected chi connectivity index (χ0v) is 17.3. The third kappa shape index (κ3) is 13.8. The van der Waals surface area contributed by atoms with Crippen molar-refractivity contribution in [2.75, 3.05) is 46.1 Å². The summed E-state index contributed by atoms with van der Waals surface area (Å²) in [6.45, 7) is 8.30. The van der Waals surface area contributed by atoms with Crippen LogP contribution in [-0.2, 0) is 14.3 Å². The highest BCUT2D eigenvalue weighted by Crippen LogP contribution is 2.18. The Hall–Kier alpha value is -0.610. The van der Waals surface area contributed by atoms with Crippen LogP contribution < -0.4 is 16.0 Å². The summed E-state index contributed by atoms with van der Waals surface area (Å²) in [4.78, 5) is 15.9. The number of guanidine groups is 1. The third-order valence-corrected chi connectivity index (χ3v) is 3.22. The van der Waals surface area contributed by atoms with Gasteiger partial charge in [0.05, 0.1) is 19.8 Å². The lowest BCUT2D eigenvalue weighted by atomic mass is 10.4. The van der Waals surface area contributed by atoms with Gasteiger partial charge in [0.2, 0.25) is 5.91 Å². The molecule has 0 atom stereocenters. The molecule has 0 radical (unpaired) electrons. The van der Waals surface area contributed by atoms with Gasteiger partial charge in [0.25, 0.3) is 0 Å². The zero-order chi connectivity index (χ0) is 16.8. The van der Waals surface area contributed by atoms with E-state index in [1.54, 1.807) is 0 Å². The Morgan fingerprint density at radius 3 is 2.42 bits per heavy atom. The molecule has 0 aromatic rings. The van der Waals surface area contributed by atoms with Gasteiger partial charge in [0.1, 0.15) is 6.54 Å². The average molecular weight is 456 g/mol. The van der Waals surface area contributed by atoms with Crippen LogP contribution in [0.4, 0.5) is 0 Å². The van der Waals surface area contributed by atoms with Gasteiger partial charge in [-0.3, -0.25) is 4.79 Å². The summed E-state index contributed by atoms with van der Waals surface area (Å²) in [6.07, 6.45) is 4.43. The van der Waals surface area contributed by atoms with Crippen LogP contribution in [0.2, 0.25) is 0 Å². The van der Waals surface area contributed by atoms with Crippen molar-refractivity contribution in [2.45, 2.75) is 45.6 Å². The van der Waals surface area contributed by atoms with Gasteiger partial charge in [0, 0.05) is 25.7 Å². The normalized spacial score (nSPS) is 14.0. The van der Waals surface area contributed by atoms with Crippen LogP contribution in [0.3, 0.4) is 0 Å². The number of hydrogen-bond acceptors (Lipinski definition) is 4. The molecule has 0 aromatic carbocycles. The molecule has 1 saturated carbocycles. The first kappa shape index (κ1) is 23.4. The molecule has 0 heterocycles. The monoisotopic (exact) mass is 456 g/mol. The van der Waals surface area contributed by atoms with Gasteiger partial charge >= 0.3 is 0 Å². The molecule has 0 bridgehead atoms. The van der Waals surface area contributed by atoms with E-state index in [0.29, 0.717) is 38.4 Å². The van der Waals surface area contributed by atoms with Crippen molar-refractivity contribution in [1.29, 1.82) is 0 Å². The SMILES string of the molecule is CCCCOCCOCCNC(=NCC(=O)NC1CC1)NCC.I. The molecule has 1 rings (SSSR count). The fourth-order valence-electron chi connectivity index (χ4n) is 1.80. The lowest BCUT2D eigenvalue weighted by Gasteiger charge is -2.11. The number of amides is 1. The van der Waals surface area contributed by atoms with Crippen LogP contribution in [-0.4, -0.2) is 64.0 Å². The van der Waals surface area contributed by atoms with Gasteiger partial charge in [-0.25, -0.2) is 4.99 Å². The Morgan fingerprint density at radius 2 is 1.79 bits per heavy atom. The Balaban J connectivity index is 0.00000529. The van der Waals surface area contributed by atoms with E-state index in [1.165, 1.54) is 0 Å². The number of halogens is 1. The average Bonchev–Trinajstić information content (AvgIpc) is 3.34. The summed E-state index contributed by atoms with van der Waals surface area (Å²) in [5.41, 5.74) is 0. The number of rotatable bonds is 13. The quantitative estimate of drug-likeness (QED) is 0.168. The van der Waals surface area contributed by atoms with Crippen LogP contribution in [0.15, 0.2) is 4.99 Å². The second-order valence-electron chi connectivity index (χ2n) is 5.54. The molecule has 3 N–H and O–H groups in total. The van der Waals surface area contributed by atoms with Crippen molar-refractivity contribution in [3.8, 4) is 0 Å². The summed E-state index contributed by atoms with van der Waals surface area (Å²) < 4.78 is 10.9. The first-order valence-corrected chi connectivity index (χ1v) is 8.73. The Bertz CT molecular complexity index is 352. The van der Waals surface area contributed by atoms with Crippen LogP contribution in [0.25, 0.3) is 0 Å². The van der Waals surface area contributed by atoms with E-state index < -0.39 is 0 Å². The number of nitrogens with one attached hydrogen (secondary N) is 3. The first-order valence-electron chi connectivity index (χ1n) is 8.73. The standard InChI is InChI=1S/C16H32N4O3.HI/c1-3-5-9-22-11-12-23-10-8-18-16(17-4-2)19-13-15(21)20-14-6-7-14;/h14H,3-13H2,1-2H3,(H,20,21)(H2,17,18,19);1H. The number of ether oxygens (including phenoxy) is 2. The molecule has 7 nitrogen and oxygen atoms in total. The molecule has 142 valence electrons. The van der Waals surface area contributed by atoms with Gasteiger partial charge in [-0.15, -0.1) is 24.0 Å². The highest BCUT2D eigenvalue weighted by molar-refractivity contribution is 14.0. The Labute approximate surface area is 162 Å². The molecule has 24 heavy (non-hydrogen) atoms. The first-order chi connectivity index (χ1) is 11.3.